The molecule has 0 saturated heterocycles. The summed E-state index contributed by atoms with van der Waals surface area (Å²) in [6, 6.07) is 8.94. The summed E-state index contributed by atoms with van der Waals surface area (Å²) >= 11 is 0. The minimum absolute atomic E-state index is 0.242. The first-order valence-electron chi connectivity index (χ1n) is 9.79. The van der Waals surface area contributed by atoms with E-state index in [9.17, 15) is 18.0 Å². The minimum Gasteiger partial charge on any atom is -0.384 e. The van der Waals surface area contributed by atoms with Crippen molar-refractivity contribution in [3.8, 4) is 0 Å². The van der Waals surface area contributed by atoms with Gasteiger partial charge in [0.25, 0.3) is 5.91 Å². The highest BCUT2D eigenvalue weighted by Gasteiger charge is 2.29. The molecular formula is C21H26F3N5O3. The number of hydrogen-bond acceptors (Lipinski definition) is 6. The van der Waals surface area contributed by atoms with Crippen molar-refractivity contribution in [1.29, 1.82) is 5.41 Å². The van der Waals surface area contributed by atoms with Gasteiger partial charge in [0.1, 0.15) is 5.84 Å². The molecule has 2 rings (SSSR count). The van der Waals surface area contributed by atoms with Crippen molar-refractivity contribution < 1.29 is 27.4 Å². The first kappa shape index (κ1) is 25.1. The summed E-state index contributed by atoms with van der Waals surface area (Å²) in [7, 11) is 0. The SMILES string of the molecule is N=C(N)c1cc(C(=O)NCCOCCOCCN)ccc1Nc1ccc(C(F)(F)F)cc1. The van der Waals surface area contributed by atoms with E-state index in [0.717, 1.165) is 12.1 Å². The second kappa shape index (κ2) is 12.0. The summed E-state index contributed by atoms with van der Waals surface area (Å²) in [5.74, 6) is -0.675. The number of rotatable bonds is 12. The summed E-state index contributed by atoms with van der Waals surface area (Å²) in [6.07, 6.45) is -4.43. The number of carbonyl (C=O) groups excluding carboxylic acids is 1. The molecule has 0 saturated carbocycles. The van der Waals surface area contributed by atoms with Gasteiger partial charge >= 0.3 is 6.18 Å². The Morgan fingerprint density at radius 1 is 1.00 bits per heavy atom. The topological polar surface area (TPSA) is 135 Å². The van der Waals surface area contributed by atoms with E-state index in [1.165, 1.54) is 30.3 Å². The largest absolute Gasteiger partial charge is 0.416 e. The van der Waals surface area contributed by atoms with E-state index in [4.69, 9.17) is 26.4 Å². The number of amidine groups is 1. The number of carbonyl (C=O) groups is 1. The van der Waals surface area contributed by atoms with Gasteiger partial charge in [-0.1, -0.05) is 0 Å². The van der Waals surface area contributed by atoms with Crippen molar-refractivity contribution >= 4 is 23.1 Å². The maximum atomic E-state index is 12.7. The van der Waals surface area contributed by atoms with Gasteiger partial charge in [0.2, 0.25) is 0 Å². The molecule has 1 amide bonds. The maximum absolute atomic E-state index is 12.7. The highest BCUT2D eigenvalue weighted by atomic mass is 19.4. The van der Waals surface area contributed by atoms with E-state index in [2.05, 4.69) is 10.6 Å². The lowest BCUT2D eigenvalue weighted by Crippen LogP contribution is -2.28. The zero-order valence-electron chi connectivity index (χ0n) is 17.3. The van der Waals surface area contributed by atoms with E-state index >= 15 is 0 Å². The number of benzene rings is 2. The van der Waals surface area contributed by atoms with Gasteiger partial charge < -0.3 is 31.6 Å². The van der Waals surface area contributed by atoms with Gasteiger partial charge in [-0.2, -0.15) is 13.2 Å². The molecule has 174 valence electrons. The Hall–Kier alpha value is -3.15. The van der Waals surface area contributed by atoms with E-state index in [0.29, 0.717) is 44.3 Å². The zero-order chi connectivity index (χ0) is 23.6. The molecule has 0 aliphatic rings. The van der Waals surface area contributed by atoms with Crippen molar-refractivity contribution in [2.45, 2.75) is 6.18 Å². The van der Waals surface area contributed by atoms with Crippen LogP contribution >= 0.6 is 0 Å². The number of anilines is 2. The Bertz CT molecular complexity index is 905. The van der Waals surface area contributed by atoms with Crippen LogP contribution in [0.3, 0.4) is 0 Å². The number of halogens is 3. The molecule has 11 heteroatoms. The fourth-order valence-electron chi connectivity index (χ4n) is 2.66. The summed E-state index contributed by atoms with van der Waals surface area (Å²) in [6.45, 7) is 2.27. The average molecular weight is 453 g/mol. The van der Waals surface area contributed by atoms with Crippen molar-refractivity contribution in [3.05, 3.63) is 59.2 Å². The van der Waals surface area contributed by atoms with Gasteiger partial charge in [0, 0.05) is 35.6 Å². The van der Waals surface area contributed by atoms with Crippen LogP contribution in [0.1, 0.15) is 21.5 Å². The Morgan fingerprint density at radius 3 is 2.25 bits per heavy atom. The molecule has 8 nitrogen and oxygen atoms in total. The van der Waals surface area contributed by atoms with Crippen molar-refractivity contribution in [2.75, 3.05) is 44.8 Å². The van der Waals surface area contributed by atoms with E-state index in [-0.39, 0.29) is 29.4 Å². The Labute approximate surface area is 183 Å². The molecule has 0 heterocycles. The Morgan fingerprint density at radius 2 is 1.66 bits per heavy atom. The second-order valence-corrected chi connectivity index (χ2v) is 6.64. The number of nitrogens with two attached hydrogens (primary N) is 2. The maximum Gasteiger partial charge on any atom is 0.416 e. The van der Waals surface area contributed by atoms with Gasteiger partial charge in [-0.3, -0.25) is 10.2 Å². The molecule has 0 bridgehead atoms. The van der Waals surface area contributed by atoms with Crippen LogP contribution in [-0.2, 0) is 15.7 Å². The van der Waals surface area contributed by atoms with Crippen LogP contribution in [0.2, 0.25) is 0 Å². The number of hydrogen-bond donors (Lipinski definition) is 5. The van der Waals surface area contributed by atoms with Crippen LogP contribution in [0.5, 0.6) is 0 Å². The molecule has 32 heavy (non-hydrogen) atoms. The molecule has 2 aromatic carbocycles. The molecule has 0 spiro atoms. The Kier molecular flexibility index (Phi) is 9.44. The quantitative estimate of drug-likeness (QED) is 0.190. The van der Waals surface area contributed by atoms with Crippen molar-refractivity contribution in [3.63, 3.8) is 0 Å². The van der Waals surface area contributed by atoms with Gasteiger partial charge in [-0.05, 0) is 42.5 Å². The number of alkyl halides is 3. The lowest BCUT2D eigenvalue weighted by Gasteiger charge is -2.14. The number of nitrogen functional groups attached to an aromatic ring is 1. The van der Waals surface area contributed by atoms with Gasteiger partial charge in [-0.25, -0.2) is 0 Å². The van der Waals surface area contributed by atoms with Crippen LogP contribution in [-0.4, -0.2) is 51.3 Å². The lowest BCUT2D eigenvalue weighted by atomic mass is 10.1. The van der Waals surface area contributed by atoms with Gasteiger partial charge in [0.05, 0.1) is 32.0 Å². The third kappa shape index (κ3) is 7.84. The van der Waals surface area contributed by atoms with Gasteiger partial charge in [0.15, 0.2) is 0 Å². The second-order valence-electron chi connectivity index (χ2n) is 6.64. The number of amides is 1. The van der Waals surface area contributed by atoms with Crippen LogP contribution in [0.15, 0.2) is 42.5 Å². The van der Waals surface area contributed by atoms with Crippen LogP contribution in [0.4, 0.5) is 24.5 Å². The molecule has 0 atom stereocenters. The fraction of sp³-hybridized carbons (Fsp3) is 0.333. The Balaban J connectivity index is 1.95. The molecule has 2 aromatic rings. The standard InChI is InChI=1S/C21H26F3N5O3/c22-21(23,24)15-2-4-16(5-3-15)29-18-6-1-14(13-17(18)19(26)27)20(30)28-8-10-32-12-11-31-9-7-25/h1-6,13,29H,7-12,25H2,(H3,26,27)(H,28,30). The summed E-state index contributed by atoms with van der Waals surface area (Å²) in [5.41, 5.74) is 11.4. The van der Waals surface area contributed by atoms with E-state index < -0.39 is 11.7 Å². The van der Waals surface area contributed by atoms with E-state index in [1.807, 2.05) is 0 Å². The minimum atomic E-state index is -4.43. The smallest absolute Gasteiger partial charge is 0.384 e. The van der Waals surface area contributed by atoms with Crippen LogP contribution < -0.4 is 22.1 Å². The van der Waals surface area contributed by atoms with Crippen molar-refractivity contribution in [1.82, 2.24) is 5.32 Å². The average Bonchev–Trinajstić information content (AvgIpc) is 2.75. The van der Waals surface area contributed by atoms with Crippen LogP contribution in [0, 0.1) is 5.41 Å². The predicted octanol–water partition coefficient (Wildman–Crippen LogP) is 2.45. The molecule has 0 radical (unpaired) electrons. The monoisotopic (exact) mass is 453 g/mol. The summed E-state index contributed by atoms with van der Waals surface area (Å²) in [5, 5.41) is 13.4. The van der Waals surface area contributed by atoms with Gasteiger partial charge in [-0.15, -0.1) is 0 Å². The highest BCUT2D eigenvalue weighted by Crippen LogP contribution is 2.30. The normalized spacial score (nSPS) is 11.2. The van der Waals surface area contributed by atoms with Crippen molar-refractivity contribution in [2.24, 2.45) is 11.5 Å². The predicted molar refractivity (Wildman–Crippen MR) is 115 cm³/mol. The third-order valence-electron chi connectivity index (χ3n) is 4.23. The van der Waals surface area contributed by atoms with E-state index in [1.54, 1.807) is 0 Å². The van der Waals surface area contributed by atoms with Crippen LogP contribution in [0.25, 0.3) is 0 Å². The molecule has 0 unspecified atom stereocenters. The highest BCUT2D eigenvalue weighted by molar-refractivity contribution is 6.04. The first-order valence-corrected chi connectivity index (χ1v) is 9.79. The molecule has 0 fully saturated rings. The summed E-state index contributed by atoms with van der Waals surface area (Å²) in [4.78, 5) is 12.4. The molecule has 0 aromatic heterocycles. The number of nitrogens with one attached hydrogen (secondary N) is 3. The fourth-order valence-corrected chi connectivity index (χ4v) is 2.66. The first-order chi connectivity index (χ1) is 15.2. The molecule has 0 aliphatic heterocycles. The molecular weight excluding hydrogens is 427 g/mol. The number of ether oxygens (including phenoxy) is 2. The molecule has 0 aliphatic carbocycles. The summed E-state index contributed by atoms with van der Waals surface area (Å²) < 4.78 is 48.6. The lowest BCUT2D eigenvalue weighted by molar-refractivity contribution is -0.137. The third-order valence-corrected chi connectivity index (χ3v) is 4.23. The zero-order valence-corrected chi connectivity index (χ0v) is 17.3. The molecule has 7 N–H and O–H groups in total.